The van der Waals surface area contributed by atoms with Gasteiger partial charge >= 0.3 is 0 Å². The highest BCUT2D eigenvalue weighted by Gasteiger charge is 2.39. The molecule has 0 bridgehead atoms. The van der Waals surface area contributed by atoms with E-state index < -0.39 is 21.5 Å². The van der Waals surface area contributed by atoms with Gasteiger partial charge in [-0.05, 0) is 50.8 Å². The summed E-state index contributed by atoms with van der Waals surface area (Å²) in [5.41, 5.74) is 0.841. The molecule has 0 aliphatic carbocycles. The van der Waals surface area contributed by atoms with Crippen LogP contribution in [0, 0.1) is 0 Å². The van der Waals surface area contributed by atoms with Crippen LogP contribution in [0.15, 0.2) is 13.6 Å². The molecule has 18 heavy (non-hydrogen) atoms. The molecule has 1 aliphatic rings. The summed E-state index contributed by atoms with van der Waals surface area (Å²) in [6, 6.07) is 1.88. The van der Waals surface area contributed by atoms with Crippen LogP contribution in [0.4, 0.5) is 0 Å². The summed E-state index contributed by atoms with van der Waals surface area (Å²) in [6.45, 7) is 0.268. The second-order valence-electron chi connectivity index (χ2n) is 3.93. The first-order chi connectivity index (χ1) is 8.45. The Labute approximate surface area is 127 Å². The summed E-state index contributed by atoms with van der Waals surface area (Å²) >= 11 is 8.32. The van der Waals surface area contributed by atoms with E-state index >= 15 is 0 Å². The molecule has 2 atom stereocenters. The molecular weight excluding hydrogens is 408 g/mol. The Kier molecular flexibility index (Phi) is 4.88. The second kappa shape index (κ2) is 5.88. The monoisotopic (exact) mass is 418 g/mol. The molecule has 2 rings (SSSR count). The predicted molar refractivity (Wildman–Crippen MR) is 77.4 cm³/mol. The molecule has 0 aromatic carbocycles. The van der Waals surface area contributed by atoms with E-state index in [1.165, 1.54) is 18.4 Å². The SMILES string of the molecule is COC(c1cc(Br)sc1Br)C1CCCOS1(=O)=O. The van der Waals surface area contributed by atoms with E-state index in [2.05, 4.69) is 31.9 Å². The zero-order valence-electron chi connectivity index (χ0n) is 9.56. The molecule has 0 spiro atoms. The van der Waals surface area contributed by atoms with Crippen molar-refractivity contribution < 1.29 is 17.3 Å². The van der Waals surface area contributed by atoms with Gasteiger partial charge in [0.15, 0.2) is 0 Å². The normalized spacial score (nSPS) is 24.9. The van der Waals surface area contributed by atoms with Gasteiger partial charge in [0, 0.05) is 12.7 Å². The number of halogens is 2. The third-order valence-electron chi connectivity index (χ3n) is 2.83. The summed E-state index contributed by atoms with van der Waals surface area (Å²) in [5.74, 6) is 0. The van der Waals surface area contributed by atoms with E-state index in [1.807, 2.05) is 6.07 Å². The Bertz CT molecular complexity index is 526. The van der Waals surface area contributed by atoms with Crippen molar-refractivity contribution in [2.45, 2.75) is 24.2 Å². The van der Waals surface area contributed by atoms with Gasteiger partial charge in [-0.2, -0.15) is 8.42 Å². The molecule has 0 N–H and O–H groups in total. The van der Waals surface area contributed by atoms with Crippen molar-refractivity contribution >= 4 is 53.3 Å². The maximum atomic E-state index is 11.9. The number of methoxy groups -OCH3 is 1. The number of hydrogen-bond donors (Lipinski definition) is 0. The smallest absolute Gasteiger partial charge is 0.273 e. The third-order valence-corrected chi connectivity index (χ3v) is 6.94. The molecule has 1 aliphatic heterocycles. The van der Waals surface area contributed by atoms with Gasteiger partial charge in [0.05, 0.1) is 14.2 Å². The lowest BCUT2D eigenvalue weighted by molar-refractivity contribution is 0.0848. The molecule has 0 amide bonds. The van der Waals surface area contributed by atoms with Gasteiger partial charge < -0.3 is 4.74 Å². The van der Waals surface area contributed by atoms with Gasteiger partial charge in [-0.25, -0.2) is 0 Å². The van der Waals surface area contributed by atoms with E-state index in [0.29, 0.717) is 6.42 Å². The van der Waals surface area contributed by atoms with Gasteiger partial charge in [-0.15, -0.1) is 11.3 Å². The Morgan fingerprint density at radius 3 is 2.78 bits per heavy atom. The lowest BCUT2D eigenvalue weighted by Gasteiger charge is -2.28. The topological polar surface area (TPSA) is 52.6 Å². The fourth-order valence-electron chi connectivity index (χ4n) is 2.02. The van der Waals surface area contributed by atoms with Crippen LogP contribution in [0.3, 0.4) is 0 Å². The molecule has 102 valence electrons. The van der Waals surface area contributed by atoms with Gasteiger partial charge in [-0.3, -0.25) is 4.18 Å². The third kappa shape index (κ3) is 2.99. The molecule has 4 nitrogen and oxygen atoms in total. The Morgan fingerprint density at radius 1 is 1.56 bits per heavy atom. The molecule has 8 heteroatoms. The molecular formula is C10H12Br2O4S2. The van der Waals surface area contributed by atoms with Gasteiger partial charge in [0.25, 0.3) is 10.1 Å². The molecule has 1 aromatic rings. The molecule has 2 heterocycles. The van der Waals surface area contributed by atoms with Crippen LogP contribution in [-0.4, -0.2) is 27.4 Å². The van der Waals surface area contributed by atoms with Crippen molar-refractivity contribution in [3.05, 3.63) is 19.2 Å². The summed E-state index contributed by atoms with van der Waals surface area (Å²) in [7, 11) is -2.03. The van der Waals surface area contributed by atoms with E-state index in [0.717, 1.165) is 19.6 Å². The van der Waals surface area contributed by atoms with Crippen molar-refractivity contribution in [2.75, 3.05) is 13.7 Å². The summed E-state index contributed by atoms with van der Waals surface area (Å²) < 4.78 is 36.0. The molecule has 0 saturated carbocycles. The first kappa shape index (κ1) is 14.9. The van der Waals surface area contributed by atoms with Crippen molar-refractivity contribution in [3.8, 4) is 0 Å². The highest BCUT2D eigenvalue weighted by atomic mass is 79.9. The van der Waals surface area contributed by atoms with Crippen LogP contribution in [-0.2, 0) is 19.0 Å². The largest absolute Gasteiger partial charge is 0.375 e. The van der Waals surface area contributed by atoms with Crippen LogP contribution >= 0.6 is 43.2 Å². The second-order valence-corrected chi connectivity index (χ2v) is 9.51. The highest BCUT2D eigenvalue weighted by molar-refractivity contribution is 9.12. The maximum Gasteiger partial charge on any atom is 0.273 e. The lowest BCUT2D eigenvalue weighted by atomic mass is 10.1. The zero-order chi connectivity index (χ0) is 13.3. The minimum atomic E-state index is -3.55. The summed E-state index contributed by atoms with van der Waals surface area (Å²) in [6.07, 6.45) is 0.778. The molecule has 1 saturated heterocycles. The predicted octanol–water partition coefficient (Wildman–Crippen LogP) is 3.47. The molecule has 1 aromatic heterocycles. The quantitative estimate of drug-likeness (QED) is 0.704. The standard InChI is InChI=1S/C10H12Br2O4S2/c1-15-9(6-5-8(11)17-10(6)12)7-3-2-4-16-18(7,13)14/h5,7,9H,2-4H2,1H3. The van der Waals surface area contributed by atoms with Crippen molar-refractivity contribution in [3.63, 3.8) is 0 Å². The Balaban J connectivity index is 2.36. The van der Waals surface area contributed by atoms with Crippen LogP contribution in [0.5, 0.6) is 0 Å². The van der Waals surface area contributed by atoms with Crippen molar-refractivity contribution in [1.82, 2.24) is 0 Å². The Hall–Kier alpha value is 0.530. The highest BCUT2D eigenvalue weighted by Crippen LogP contribution is 2.41. The van der Waals surface area contributed by atoms with E-state index in [4.69, 9.17) is 8.92 Å². The molecule has 0 radical (unpaired) electrons. The fraction of sp³-hybridized carbons (Fsp3) is 0.600. The van der Waals surface area contributed by atoms with E-state index in [9.17, 15) is 8.42 Å². The average molecular weight is 420 g/mol. The van der Waals surface area contributed by atoms with Crippen LogP contribution in [0.2, 0.25) is 0 Å². The van der Waals surface area contributed by atoms with Crippen molar-refractivity contribution in [1.29, 1.82) is 0 Å². The number of ether oxygens (including phenoxy) is 1. The number of thiophene rings is 1. The maximum absolute atomic E-state index is 11.9. The van der Waals surface area contributed by atoms with Gasteiger partial charge in [-0.1, -0.05) is 0 Å². The molecule has 2 unspecified atom stereocenters. The summed E-state index contributed by atoms with van der Waals surface area (Å²) in [4.78, 5) is 0. The van der Waals surface area contributed by atoms with Gasteiger partial charge in [0.1, 0.15) is 11.4 Å². The minimum absolute atomic E-state index is 0.268. The summed E-state index contributed by atoms with van der Waals surface area (Å²) in [5, 5.41) is -0.644. The zero-order valence-corrected chi connectivity index (χ0v) is 14.4. The fourth-order valence-corrected chi connectivity index (χ4v) is 6.46. The van der Waals surface area contributed by atoms with E-state index in [-0.39, 0.29) is 6.61 Å². The number of rotatable bonds is 3. The van der Waals surface area contributed by atoms with Crippen LogP contribution in [0.25, 0.3) is 0 Å². The number of hydrogen-bond acceptors (Lipinski definition) is 5. The van der Waals surface area contributed by atoms with Gasteiger partial charge in [0.2, 0.25) is 0 Å². The van der Waals surface area contributed by atoms with Crippen LogP contribution in [0.1, 0.15) is 24.5 Å². The lowest BCUT2D eigenvalue weighted by Crippen LogP contribution is -2.35. The van der Waals surface area contributed by atoms with Crippen LogP contribution < -0.4 is 0 Å². The Morgan fingerprint density at radius 2 is 2.28 bits per heavy atom. The van der Waals surface area contributed by atoms with E-state index in [1.54, 1.807) is 0 Å². The first-order valence-corrected chi connectivity index (χ1v) is 9.19. The first-order valence-electron chi connectivity index (χ1n) is 5.31. The minimum Gasteiger partial charge on any atom is -0.375 e. The molecule has 1 fully saturated rings. The average Bonchev–Trinajstić information content (AvgIpc) is 2.61. The van der Waals surface area contributed by atoms with Crippen molar-refractivity contribution in [2.24, 2.45) is 0 Å².